The van der Waals surface area contributed by atoms with Gasteiger partial charge in [-0.2, -0.15) is 0 Å². The molecule has 0 radical (unpaired) electrons. The first-order valence-corrected chi connectivity index (χ1v) is 11.9. The molecular weight excluding hydrogens is 422 g/mol. The molecule has 0 saturated carbocycles. The van der Waals surface area contributed by atoms with Gasteiger partial charge in [0.1, 0.15) is 0 Å². The molecule has 6 nitrogen and oxygen atoms in total. The van der Waals surface area contributed by atoms with Gasteiger partial charge in [-0.3, -0.25) is 4.79 Å². The van der Waals surface area contributed by atoms with Crippen molar-refractivity contribution >= 4 is 33.2 Å². The van der Waals surface area contributed by atoms with E-state index < -0.39 is 10.0 Å². The molecule has 0 spiro atoms. The van der Waals surface area contributed by atoms with Crippen molar-refractivity contribution in [1.29, 1.82) is 0 Å². The molecule has 0 aromatic heterocycles. The smallest absolute Gasteiger partial charge is 0.255 e. The lowest BCUT2D eigenvalue weighted by molar-refractivity contribution is 0.102. The molecule has 0 unspecified atom stereocenters. The number of nitrogens with one attached hydrogen (secondary N) is 3. The Bertz CT molecular complexity index is 1030. The second-order valence-corrected chi connectivity index (χ2v) is 10.0. The minimum Gasteiger partial charge on any atom is -0.322 e. The number of hydrogen-bond donors (Lipinski definition) is 3. The number of carbonyl (C=O) groups excluding carboxylic acids is 1. The second-order valence-electron chi connectivity index (χ2n) is 7.89. The SMILES string of the molecule is Cc1cc(S(=O)(=O)N[C@H](C)C2CCNCC2)ccc1NC(=O)c1ccc(Cl)cc1C. The molecule has 1 saturated heterocycles. The van der Waals surface area contributed by atoms with Crippen LogP contribution < -0.4 is 15.4 Å². The van der Waals surface area contributed by atoms with Gasteiger partial charge in [0, 0.05) is 22.3 Å². The van der Waals surface area contributed by atoms with Crippen molar-refractivity contribution in [2.45, 2.75) is 44.6 Å². The second kappa shape index (κ2) is 9.47. The third-order valence-electron chi connectivity index (χ3n) is 5.62. The van der Waals surface area contributed by atoms with Crippen molar-refractivity contribution in [2.24, 2.45) is 5.92 Å². The molecule has 162 valence electrons. The molecule has 2 aromatic carbocycles. The van der Waals surface area contributed by atoms with Gasteiger partial charge in [0.25, 0.3) is 5.91 Å². The Morgan fingerprint density at radius 3 is 2.43 bits per heavy atom. The summed E-state index contributed by atoms with van der Waals surface area (Å²) in [5.74, 6) is 0.0591. The Balaban J connectivity index is 1.73. The van der Waals surface area contributed by atoms with Gasteiger partial charge >= 0.3 is 0 Å². The summed E-state index contributed by atoms with van der Waals surface area (Å²) in [5, 5.41) is 6.72. The van der Waals surface area contributed by atoms with Crippen LogP contribution in [0.5, 0.6) is 0 Å². The first-order valence-electron chi connectivity index (χ1n) is 10.1. The van der Waals surface area contributed by atoms with Gasteiger partial charge in [0.2, 0.25) is 10.0 Å². The van der Waals surface area contributed by atoms with Crippen molar-refractivity contribution in [3.63, 3.8) is 0 Å². The van der Waals surface area contributed by atoms with E-state index in [4.69, 9.17) is 11.6 Å². The fourth-order valence-corrected chi connectivity index (χ4v) is 5.39. The average molecular weight is 450 g/mol. The van der Waals surface area contributed by atoms with E-state index in [1.165, 1.54) is 6.07 Å². The molecule has 3 rings (SSSR count). The van der Waals surface area contributed by atoms with Crippen LogP contribution in [0.1, 0.15) is 41.3 Å². The Hall–Kier alpha value is -1.93. The fourth-order valence-electron chi connectivity index (χ4n) is 3.77. The number of aryl methyl sites for hydroxylation is 2. The maximum absolute atomic E-state index is 12.8. The minimum absolute atomic E-state index is 0.135. The Kier molecular flexibility index (Phi) is 7.18. The molecule has 1 heterocycles. The molecule has 8 heteroatoms. The Morgan fingerprint density at radius 2 is 1.80 bits per heavy atom. The number of sulfonamides is 1. The molecule has 1 atom stereocenters. The van der Waals surface area contributed by atoms with Gasteiger partial charge in [-0.1, -0.05) is 11.6 Å². The number of hydrogen-bond acceptors (Lipinski definition) is 4. The van der Waals surface area contributed by atoms with Crippen molar-refractivity contribution < 1.29 is 13.2 Å². The van der Waals surface area contributed by atoms with E-state index in [2.05, 4.69) is 15.4 Å². The standard InChI is InChI=1S/C22H28ClN3O3S/c1-14-12-18(23)4-6-20(14)22(27)25-21-7-5-19(13-15(21)2)30(28,29)26-16(3)17-8-10-24-11-9-17/h4-7,12-13,16-17,24,26H,8-11H2,1-3H3,(H,25,27)/t16-/m1/s1. The predicted molar refractivity (Wildman–Crippen MR) is 121 cm³/mol. The first-order chi connectivity index (χ1) is 14.2. The molecule has 2 aromatic rings. The topological polar surface area (TPSA) is 87.3 Å². The van der Waals surface area contributed by atoms with E-state index in [1.807, 2.05) is 13.8 Å². The summed E-state index contributed by atoms with van der Waals surface area (Å²) in [4.78, 5) is 12.8. The number of halogens is 1. The number of rotatable bonds is 6. The zero-order valence-corrected chi connectivity index (χ0v) is 19.0. The van der Waals surface area contributed by atoms with Crippen LogP contribution in [0, 0.1) is 19.8 Å². The first kappa shape index (κ1) is 22.7. The van der Waals surface area contributed by atoms with Crippen LogP contribution in [0.2, 0.25) is 5.02 Å². The third kappa shape index (κ3) is 5.40. The lowest BCUT2D eigenvalue weighted by Gasteiger charge is -2.28. The van der Waals surface area contributed by atoms with Crippen molar-refractivity contribution in [2.75, 3.05) is 18.4 Å². The summed E-state index contributed by atoms with van der Waals surface area (Å²) >= 11 is 5.95. The number of amides is 1. The van der Waals surface area contributed by atoms with Crippen molar-refractivity contribution in [3.05, 3.63) is 58.1 Å². The maximum Gasteiger partial charge on any atom is 0.255 e. The molecule has 1 amide bonds. The number of piperidine rings is 1. The lowest BCUT2D eigenvalue weighted by atomic mass is 9.92. The summed E-state index contributed by atoms with van der Waals surface area (Å²) in [6.07, 6.45) is 1.91. The largest absolute Gasteiger partial charge is 0.322 e. The summed E-state index contributed by atoms with van der Waals surface area (Å²) in [6, 6.07) is 9.67. The minimum atomic E-state index is -3.64. The Labute approximate surface area is 183 Å². The van der Waals surface area contributed by atoms with Gasteiger partial charge in [-0.05, 0) is 100 Å². The quantitative estimate of drug-likeness (QED) is 0.624. The van der Waals surface area contributed by atoms with Gasteiger partial charge < -0.3 is 10.6 Å². The molecule has 0 aliphatic carbocycles. The Morgan fingerprint density at radius 1 is 1.10 bits per heavy atom. The van der Waals surface area contributed by atoms with E-state index in [0.717, 1.165) is 31.5 Å². The summed E-state index contributed by atoms with van der Waals surface area (Å²) in [6.45, 7) is 7.34. The molecule has 1 aliphatic rings. The van der Waals surface area contributed by atoms with E-state index in [-0.39, 0.29) is 16.8 Å². The monoisotopic (exact) mass is 449 g/mol. The molecule has 30 heavy (non-hydrogen) atoms. The molecular formula is C22H28ClN3O3S. The lowest BCUT2D eigenvalue weighted by Crippen LogP contribution is -2.42. The normalized spacial score (nSPS) is 16.3. The molecule has 1 aliphatic heterocycles. The van der Waals surface area contributed by atoms with Crippen LogP contribution in [0.15, 0.2) is 41.3 Å². The van der Waals surface area contributed by atoms with Crippen molar-refractivity contribution in [3.8, 4) is 0 Å². The van der Waals surface area contributed by atoms with Crippen LogP contribution in [-0.2, 0) is 10.0 Å². The highest BCUT2D eigenvalue weighted by atomic mass is 35.5. The molecule has 3 N–H and O–H groups in total. The fraction of sp³-hybridized carbons (Fsp3) is 0.409. The number of anilines is 1. The highest BCUT2D eigenvalue weighted by Crippen LogP contribution is 2.23. The summed E-state index contributed by atoms with van der Waals surface area (Å²) in [7, 11) is -3.64. The molecule has 0 bridgehead atoms. The third-order valence-corrected chi connectivity index (χ3v) is 7.41. The zero-order chi connectivity index (χ0) is 21.9. The van der Waals surface area contributed by atoms with Crippen LogP contribution >= 0.6 is 11.6 Å². The van der Waals surface area contributed by atoms with Crippen LogP contribution in [0.4, 0.5) is 5.69 Å². The van der Waals surface area contributed by atoms with Crippen molar-refractivity contribution in [1.82, 2.24) is 10.0 Å². The maximum atomic E-state index is 12.8. The van der Waals surface area contributed by atoms with E-state index in [9.17, 15) is 13.2 Å². The van der Waals surface area contributed by atoms with Crippen LogP contribution in [0.25, 0.3) is 0 Å². The van der Waals surface area contributed by atoms with Gasteiger partial charge in [0.15, 0.2) is 0 Å². The number of benzene rings is 2. The van der Waals surface area contributed by atoms with Gasteiger partial charge in [-0.15, -0.1) is 0 Å². The van der Waals surface area contributed by atoms with Crippen LogP contribution in [0.3, 0.4) is 0 Å². The number of carbonyl (C=O) groups is 1. The molecule has 1 fully saturated rings. The van der Waals surface area contributed by atoms with E-state index in [0.29, 0.717) is 27.8 Å². The van der Waals surface area contributed by atoms with Gasteiger partial charge in [0.05, 0.1) is 4.90 Å². The van der Waals surface area contributed by atoms with E-state index >= 15 is 0 Å². The summed E-state index contributed by atoms with van der Waals surface area (Å²) in [5.41, 5.74) is 2.54. The van der Waals surface area contributed by atoms with Crippen LogP contribution in [-0.4, -0.2) is 33.5 Å². The zero-order valence-electron chi connectivity index (χ0n) is 17.5. The van der Waals surface area contributed by atoms with E-state index in [1.54, 1.807) is 37.3 Å². The highest BCUT2D eigenvalue weighted by Gasteiger charge is 2.25. The predicted octanol–water partition coefficient (Wildman–Crippen LogP) is 3.88. The summed E-state index contributed by atoms with van der Waals surface area (Å²) < 4.78 is 28.5. The van der Waals surface area contributed by atoms with Gasteiger partial charge in [-0.25, -0.2) is 13.1 Å². The highest BCUT2D eigenvalue weighted by molar-refractivity contribution is 7.89. The average Bonchev–Trinajstić information content (AvgIpc) is 2.69.